The summed E-state index contributed by atoms with van der Waals surface area (Å²) < 4.78 is 5.32. The molecule has 3 rings (SSSR count). The first-order valence-electron chi connectivity index (χ1n) is 8.80. The van der Waals surface area contributed by atoms with E-state index in [1.54, 1.807) is 0 Å². The Morgan fingerprint density at radius 3 is 2.46 bits per heavy atom. The molecule has 1 heterocycles. The highest BCUT2D eigenvalue weighted by Gasteiger charge is 2.38. The average Bonchev–Trinajstić information content (AvgIpc) is 3.03. The maximum Gasteiger partial charge on any atom is 0.305 e. The van der Waals surface area contributed by atoms with Crippen molar-refractivity contribution in [1.82, 2.24) is 5.32 Å². The molecule has 1 aromatic rings. The molecular formula is C19H25NO4. The molecule has 1 amide bonds. The topological polar surface area (TPSA) is 75.6 Å². The lowest BCUT2D eigenvalue weighted by Crippen LogP contribution is -2.50. The SMILES string of the molecule is O=C(O)CC1(NC(=O)c2ccc(C3CCCCC3)cc2)CCOC1. The van der Waals surface area contributed by atoms with Gasteiger partial charge in [-0.2, -0.15) is 0 Å². The van der Waals surface area contributed by atoms with Gasteiger partial charge in [-0.25, -0.2) is 0 Å². The molecule has 2 N–H and O–H groups in total. The molecule has 2 aliphatic rings. The Hall–Kier alpha value is -1.88. The quantitative estimate of drug-likeness (QED) is 0.869. The maximum atomic E-state index is 12.5. The third-order valence-electron chi connectivity index (χ3n) is 5.22. The van der Waals surface area contributed by atoms with E-state index in [0.717, 1.165) is 0 Å². The summed E-state index contributed by atoms with van der Waals surface area (Å²) in [4.78, 5) is 23.6. The van der Waals surface area contributed by atoms with Gasteiger partial charge >= 0.3 is 5.97 Å². The van der Waals surface area contributed by atoms with E-state index in [2.05, 4.69) is 5.32 Å². The van der Waals surface area contributed by atoms with Crippen molar-refractivity contribution >= 4 is 11.9 Å². The van der Waals surface area contributed by atoms with Crippen molar-refractivity contribution in [3.63, 3.8) is 0 Å². The molecule has 1 aliphatic carbocycles. The van der Waals surface area contributed by atoms with Crippen LogP contribution in [-0.2, 0) is 9.53 Å². The maximum absolute atomic E-state index is 12.5. The summed E-state index contributed by atoms with van der Waals surface area (Å²) in [5, 5.41) is 12.0. The predicted octanol–water partition coefficient (Wildman–Crippen LogP) is 3.10. The van der Waals surface area contributed by atoms with Crippen LogP contribution in [0.25, 0.3) is 0 Å². The van der Waals surface area contributed by atoms with Crippen LogP contribution in [0.2, 0.25) is 0 Å². The van der Waals surface area contributed by atoms with Crippen LogP contribution in [0.1, 0.15) is 66.8 Å². The molecule has 1 saturated heterocycles. The van der Waals surface area contributed by atoms with Crippen LogP contribution in [-0.4, -0.2) is 35.7 Å². The van der Waals surface area contributed by atoms with Crippen molar-refractivity contribution in [3.8, 4) is 0 Å². The molecule has 1 aliphatic heterocycles. The zero-order valence-electron chi connectivity index (χ0n) is 13.9. The second-order valence-corrected chi connectivity index (χ2v) is 7.06. The molecule has 2 fully saturated rings. The minimum absolute atomic E-state index is 0.112. The Labute approximate surface area is 142 Å². The Morgan fingerprint density at radius 1 is 1.17 bits per heavy atom. The summed E-state index contributed by atoms with van der Waals surface area (Å²) in [6, 6.07) is 7.78. The molecule has 0 radical (unpaired) electrons. The second-order valence-electron chi connectivity index (χ2n) is 7.06. The minimum atomic E-state index is -0.923. The normalized spacial score (nSPS) is 24.7. The smallest absolute Gasteiger partial charge is 0.305 e. The van der Waals surface area contributed by atoms with E-state index in [1.807, 2.05) is 24.3 Å². The molecule has 1 unspecified atom stereocenters. The molecule has 0 spiro atoms. The van der Waals surface area contributed by atoms with Crippen LogP contribution >= 0.6 is 0 Å². The summed E-state index contributed by atoms with van der Waals surface area (Å²) in [6.07, 6.45) is 6.76. The van der Waals surface area contributed by atoms with Crippen LogP contribution in [0.5, 0.6) is 0 Å². The number of amides is 1. The molecular weight excluding hydrogens is 306 g/mol. The number of hydrogen-bond acceptors (Lipinski definition) is 3. The highest BCUT2D eigenvalue weighted by Crippen LogP contribution is 2.32. The molecule has 1 atom stereocenters. The summed E-state index contributed by atoms with van der Waals surface area (Å²) in [6.45, 7) is 0.735. The molecule has 0 bridgehead atoms. The van der Waals surface area contributed by atoms with Gasteiger partial charge in [-0.15, -0.1) is 0 Å². The molecule has 24 heavy (non-hydrogen) atoms. The largest absolute Gasteiger partial charge is 0.481 e. The van der Waals surface area contributed by atoms with Gasteiger partial charge in [0.25, 0.3) is 5.91 Å². The van der Waals surface area contributed by atoms with E-state index in [9.17, 15) is 9.59 Å². The molecule has 5 heteroatoms. The first-order valence-corrected chi connectivity index (χ1v) is 8.80. The van der Waals surface area contributed by atoms with Crippen LogP contribution in [0.4, 0.5) is 0 Å². The highest BCUT2D eigenvalue weighted by atomic mass is 16.5. The molecule has 1 saturated carbocycles. The van der Waals surface area contributed by atoms with Crippen molar-refractivity contribution < 1.29 is 19.4 Å². The van der Waals surface area contributed by atoms with E-state index in [0.29, 0.717) is 24.5 Å². The van der Waals surface area contributed by atoms with Crippen molar-refractivity contribution in [3.05, 3.63) is 35.4 Å². The monoisotopic (exact) mass is 331 g/mol. The van der Waals surface area contributed by atoms with Gasteiger partial charge < -0.3 is 15.2 Å². The Kier molecular flexibility index (Phi) is 5.19. The first-order chi connectivity index (χ1) is 11.6. The second kappa shape index (κ2) is 7.34. The van der Waals surface area contributed by atoms with E-state index >= 15 is 0 Å². The van der Waals surface area contributed by atoms with Crippen molar-refractivity contribution in [2.45, 2.75) is 56.4 Å². The Bertz CT molecular complexity index is 584. The van der Waals surface area contributed by atoms with E-state index in [1.165, 1.54) is 37.7 Å². The van der Waals surface area contributed by atoms with Gasteiger partial charge in [0, 0.05) is 12.2 Å². The number of rotatable bonds is 5. The number of ether oxygens (including phenoxy) is 1. The summed E-state index contributed by atoms with van der Waals surface area (Å²) in [7, 11) is 0. The third-order valence-corrected chi connectivity index (χ3v) is 5.22. The standard InChI is InChI=1S/C19H25NO4/c21-17(22)12-19(10-11-24-13-19)20-18(23)16-8-6-15(7-9-16)14-4-2-1-3-5-14/h6-9,14H,1-5,10-13H2,(H,20,23)(H,21,22). The number of aliphatic carboxylic acids is 1. The van der Waals surface area contributed by atoms with Gasteiger partial charge in [0.05, 0.1) is 18.6 Å². The number of nitrogens with one attached hydrogen (secondary N) is 1. The van der Waals surface area contributed by atoms with E-state index in [4.69, 9.17) is 9.84 Å². The van der Waals surface area contributed by atoms with E-state index < -0.39 is 11.5 Å². The van der Waals surface area contributed by atoms with Crippen LogP contribution < -0.4 is 5.32 Å². The van der Waals surface area contributed by atoms with E-state index in [-0.39, 0.29) is 18.9 Å². The number of hydrogen-bond donors (Lipinski definition) is 2. The van der Waals surface area contributed by atoms with Crippen LogP contribution in [0, 0.1) is 0 Å². The van der Waals surface area contributed by atoms with Gasteiger partial charge in [0.15, 0.2) is 0 Å². The number of carbonyl (C=O) groups is 2. The lowest BCUT2D eigenvalue weighted by atomic mass is 9.84. The van der Waals surface area contributed by atoms with Gasteiger partial charge in [-0.3, -0.25) is 9.59 Å². The van der Waals surface area contributed by atoms with Crippen LogP contribution in [0.3, 0.4) is 0 Å². The summed E-state index contributed by atoms with van der Waals surface area (Å²) in [5.41, 5.74) is 1.09. The number of carboxylic acid groups (broad SMARTS) is 1. The fourth-order valence-corrected chi connectivity index (χ4v) is 3.83. The lowest BCUT2D eigenvalue weighted by Gasteiger charge is -2.27. The molecule has 5 nitrogen and oxygen atoms in total. The number of carboxylic acids is 1. The zero-order valence-corrected chi connectivity index (χ0v) is 13.9. The average molecular weight is 331 g/mol. The fourth-order valence-electron chi connectivity index (χ4n) is 3.83. The van der Waals surface area contributed by atoms with Gasteiger partial charge in [-0.1, -0.05) is 31.4 Å². The van der Waals surface area contributed by atoms with Gasteiger partial charge in [-0.05, 0) is 42.9 Å². The Balaban J connectivity index is 1.67. The van der Waals surface area contributed by atoms with Gasteiger partial charge in [0.2, 0.25) is 0 Å². The molecule has 0 aromatic heterocycles. The van der Waals surface area contributed by atoms with Crippen molar-refractivity contribution in [1.29, 1.82) is 0 Å². The summed E-state index contributed by atoms with van der Waals surface area (Å²) in [5.74, 6) is -0.539. The lowest BCUT2D eigenvalue weighted by molar-refractivity contribution is -0.138. The summed E-state index contributed by atoms with van der Waals surface area (Å²) >= 11 is 0. The first kappa shape index (κ1) is 17.0. The van der Waals surface area contributed by atoms with Crippen LogP contribution in [0.15, 0.2) is 24.3 Å². The number of carbonyl (C=O) groups excluding carboxylic acids is 1. The fraction of sp³-hybridized carbons (Fsp3) is 0.579. The van der Waals surface area contributed by atoms with Crippen molar-refractivity contribution in [2.75, 3.05) is 13.2 Å². The van der Waals surface area contributed by atoms with Gasteiger partial charge in [0.1, 0.15) is 0 Å². The molecule has 130 valence electrons. The highest BCUT2D eigenvalue weighted by molar-refractivity contribution is 5.95. The Morgan fingerprint density at radius 2 is 1.88 bits per heavy atom. The third kappa shape index (κ3) is 3.96. The predicted molar refractivity (Wildman–Crippen MR) is 90.2 cm³/mol. The zero-order chi connectivity index (χ0) is 17.0. The number of benzene rings is 1. The molecule has 1 aromatic carbocycles. The van der Waals surface area contributed by atoms with Crippen molar-refractivity contribution in [2.24, 2.45) is 0 Å². The minimum Gasteiger partial charge on any atom is -0.481 e.